The molecule has 1 atom stereocenters. The molecule has 1 fully saturated rings. The topological polar surface area (TPSA) is 52.7 Å². The molecule has 120 valence electrons. The van der Waals surface area contributed by atoms with Crippen molar-refractivity contribution in [3.8, 4) is 0 Å². The Morgan fingerprint density at radius 3 is 2.23 bits per heavy atom. The first-order valence-electron chi connectivity index (χ1n) is 7.88. The Morgan fingerprint density at radius 1 is 1.14 bits per heavy atom. The van der Waals surface area contributed by atoms with E-state index in [1.54, 1.807) is 0 Å². The summed E-state index contributed by atoms with van der Waals surface area (Å²) < 4.78 is 0. The van der Waals surface area contributed by atoms with Gasteiger partial charge in [0.1, 0.15) is 6.04 Å². The molecule has 2 rings (SSSR count). The van der Waals surface area contributed by atoms with E-state index in [0.29, 0.717) is 19.5 Å². The first-order chi connectivity index (χ1) is 10.5. The van der Waals surface area contributed by atoms with Crippen LogP contribution in [0.1, 0.15) is 25.8 Å². The number of anilines is 1. The Kier molecular flexibility index (Phi) is 5.41. The van der Waals surface area contributed by atoms with Crippen LogP contribution in [0.5, 0.6) is 0 Å². The highest BCUT2D eigenvalue weighted by Gasteiger charge is 2.26. The number of hydrogen-bond acceptors (Lipinski definition) is 3. The first kappa shape index (κ1) is 16.3. The van der Waals surface area contributed by atoms with Crippen LogP contribution in [-0.4, -0.2) is 48.9 Å². The standard InChI is InChI=1S/C17H25N3O2/c1-4-16(18-14(3)21)17(22)20-11-9-19(10-12-20)15-7-5-13(2)6-8-15/h5-8,16H,4,9-12H2,1-3H3,(H,18,21). The van der Waals surface area contributed by atoms with E-state index < -0.39 is 6.04 Å². The summed E-state index contributed by atoms with van der Waals surface area (Å²) in [5.74, 6) is -0.125. The van der Waals surface area contributed by atoms with Gasteiger partial charge in [0.25, 0.3) is 0 Å². The van der Waals surface area contributed by atoms with Gasteiger partial charge >= 0.3 is 0 Å². The van der Waals surface area contributed by atoms with E-state index >= 15 is 0 Å². The van der Waals surface area contributed by atoms with Crippen molar-refractivity contribution in [1.29, 1.82) is 0 Å². The minimum Gasteiger partial charge on any atom is -0.368 e. The third-order valence-electron chi connectivity index (χ3n) is 4.07. The molecule has 22 heavy (non-hydrogen) atoms. The van der Waals surface area contributed by atoms with Crippen molar-refractivity contribution in [3.05, 3.63) is 29.8 Å². The summed E-state index contributed by atoms with van der Waals surface area (Å²) in [5.41, 5.74) is 2.45. The Labute approximate surface area is 132 Å². The predicted octanol–water partition coefficient (Wildman–Crippen LogP) is 1.56. The number of benzene rings is 1. The molecule has 1 saturated heterocycles. The molecule has 1 aromatic rings. The molecule has 0 aliphatic carbocycles. The smallest absolute Gasteiger partial charge is 0.245 e. The number of hydrogen-bond donors (Lipinski definition) is 1. The van der Waals surface area contributed by atoms with Gasteiger partial charge in [0.05, 0.1) is 0 Å². The number of amides is 2. The van der Waals surface area contributed by atoms with E-state index in [-0.39, 0.29) is 11.8 Å². The molecule has 1 aliphatic rings. The molecule has 0 bridgehead atoms. The minimum atomic E-state index is -0.400. The van der Waals surface area contributed by atoms with Crippen molar-refractivity contribution in [2.24, 2.45) is 0 Å². The summed E-state index contributed by atoms with van der Waals surface area (Å²) in [6.07, 6.45) is 0.622. The quantitative estimate of drug-likeness (QED) is 0.918. The molecule has 1 aliphatic heterocycles. The third kappa shape index (κ3) is 4.00. The number of piperazine rings is 1. The number of rotatable bonds is 4. The van der Waals surface area contributed by atoms with E-state index in [1.807, 2.05) is 11.8 Å². The lowest BCUT2D eigenvalue weighted by Crippen LogP contribution is -2.54. The molecular weight excluding hydrogens is 278 g/mol. The summed E-state index contributed by atoms with van der Waals surface area (Å²) >= 11 is 0. The SMILES string of the molecule is CCC(NC(C)=O)C(=O)N1CCN(c2ccc(C)cc2)CC1. The van der Waals surface area contributed by atoms with Gasteiger partial charge in [-0.2, -0.15) is 0 Å². The van der Waals surface area contributed by atoms with Crippen molar-refractivity contribution < 1.29 is 9.59 Å². The first-order valence-corrected chi connectivity index (χ1v) is 7.88. The molecular formula is C17H25N3O2. The minimum absolute atomic E-state index is 0.0289. The van der Waals surface area contributed by atoms with Crippen LogP contribution in [0.15, 0.2) is 24.3 Å². The van der Waals surface area contributed by atoms with E-state index in [0.717, 1.165) is 13.1 Å². The normalized spacial score (nSPS) is 16.3. The number of nitrogens with zero attached hydrogens (tertiary/aromatic N) is 2. The van der Waals surface area contributed by atoms with Gasteiger partial charge < -0.3 is 15.1 Å². The fourth-order valence-electron chi connectivity index (χ4n) is 2.74. The van der Waals surface area contributed by atoms with Crippen LogP contribution in [0.4, 0.5) is 5.69 Å². The predicted molar refractivity (Wildman–Crippen MR) is 87.9 cm³/mol. The maximum Gasteiger partial charge on any atom is 0.245 e. The van der Waals surface area contributed by atoms with Gasteiger partial charge in [-0.1, -0.05) is 24.6 Å². The summed E-state index contributed by atoms with van der Waals surface area (Å²) in [4.78, 5) is 27.8. The van der Waals surface area contributed by atoms with E-state index in [1.165, 1.54) is 18.2 Å². The zero-order valence-electron chi connectivity index (χ0n) is 13.6. The molecule has 1 unspecified atom stereocenters. The van der Waals surface area contributed by atoms with Gasteiger partial charge in [-0.15, -0.1) is 0 Å². The lowest BCUT2D eigenvalue weighted by atomic mass is 10.1. The maximum absolute atomic E-state index is 12.4. The van der Waals surface area contributed by atoms with Crippen LogP contribution in [-0.2, 0) is 9.59 Å². The van der Waals surface area contributed by atoms with Crippen LogP contribution in [0, 0.1) is 6.92 Å². The Balaban J connectivity index is 1.92. The molecule has 1 aromatic carbocycles. The van der Waals surface area contributed by atoms with E-state index in [2.05, 4.69) is 41.4 Å². The highest BCUT2D eigenvalue weighted by atomic mass is 16.2. The van der Waals surface area contributed by atoms with Crippen LogP contribution < -0.4 is 10.2 Å². The molecule has 0 saturated carbocycles. The van der Waals surface area contributed by atoms with Crippen molar-refractivity contribution >= 4 is 17.5 Å². The zero-order chi connectivity index (χ0) is 16.1. The lowest BCUT2D eigenvalue weighted by Gasteiger charge is -2.37. The molecule has 5 nitrogen and oxygen atoms in total. The molecule has 2 amide bonds. The fraction of sp³-hybridized carbons (Fsp3) is 0.529. The van der Waals surface area contributed by atoms with Gasteiger partial charge in [-0.05, 0) is 25.5 Å². The monoisotopic (exact) mass is 303 g/mol. The van der Waals surface area contributed by atoms with Crippen molar-refractivity contribution in [2.45, 2.75) is 33.2 Å². The van der Waals surface area contributed by atoms with Gasteiger partial charge in [0, 0.05) is 38.8 Å². The average molecular weight is 303 g/mol. The summed E-state index contributed by atoms with van der Waals surface area (Å²) in [6.45, 7) is 8.49. The molecule has 1 N–H and O–H groups in total. The average Bonchev–Trinajstić information content (AvgIpc) is 2.52. The third-order valence-corrected chi connectivity index (χ3v) is 4.07. The molecule has 0 aromatic heterocycles. The number of aryl methyl sites for hydroxylation is 1. The van der Waals surface area contributed by atoms with Gasteiger partial charge in [0.2, 0.25) is 11.8 Å². The highest BCUT2D eigenvalue weighted by molar-refractivity contribution is 5.87. The van der Waals surface area contributed by atoms with Crippen LogP contribution >= 0.6 is 0 Å². The van der Waals surface area contributed by atoms with Gasteiger partial charge in [-0.25, -0.2) is 0 Å². The van der Waals surface area contributed by atoms with Crippen LogP contribution in [0.2, 0.25) is 0 Å². The van der Waals surface area contributed by atoms with Gasteiger partial charge in [-0.3, -0.25) is 9.59 Å². The Bertz CT molecular complexity index is 519. The molecule has 5 heteroatoms. The molecule has 0 radical (unpaired) electrons. The number of carbonyl (C=O) groups excluding carboxylic acids is 2. The van der Waals surface area contributed by atoms with Crippen molar-refractivity contribution in [3.63, 3.8) is 0 Å². The van der Waals surface area contributed by atoms with Crippen LogP contribution in [0.25, 0.3) is 0 Å². The second kappa shape index (κ2) is 7.29. The Morgan fingerprint density at radius 2 is 1.73 bits per heavy atom. The van der Waals surface area contributed by atoms with Crippen molar-refractivity contribution in [2.75, 3.05) is 31.1 Å². The maximum atomic E-state index is 12.4. The second-order valence-electron chi connectivity index (χ2n) is 5.81. The molecule has 1 heterocycles. The largest absolute Gasteiger partial charge is 0.368 e. The Hall–Kier alpha value is -2.04. The van der Waals surface area contributed by atoms with E-state index in [9.17, 15) is 9.59 Å². The highest BCUT2D eigenvalue weighted by Crippen LogP contribution is 2.17. The van der Waals surface area contributed by atoms with E-state index in [4.69, 9.17) is 0 Å². The summed E-state index contributed by atoms with van der Waals surface area (Å²) in [7, 11) is 0. The summed E-state index contributed by atoms with van der Waals surface area (Å²) in [6, 6.07) is 8.06. The fourth-order valence-corrected chi connectivity index (χ4v) is 2.74. The molecule has 0 spiro atoms. The lowest BCUT2D eigenvalue weighted by molar-refractivity contribution is -0.136. The number of carbonyl (C=O) groups is 2. The summed E-state index contributed by atoms with van der Waals surface area (Å²) in [5, 5.41) is 2.73. The zero-order valence-corrected chi connectivity index (χ0v) is 13.6. The van der Waals surface area contributed by atoms with Crippen molar-refractivity contribution in [1.82, 2.24) is 10.2 Å². The number of nitrogens with one attached hydrogen (secondary N) is 1. The van der Waals surface area contributed by atoms with Crippen LogP contribution in [0.3, 0.4) is 0 Å². The van der Waals surface area contributed by atoms with Gasteiger partial charge in [0.15, 0.2) is 0 Å². The second-order valence-corrected chi connectivity index (χ2v) is 5.81.